The number of carbonyl (C=O) groups is 2. The average Bonchev–Trinajstić information content (AvgIpc) is 2.93. The van der Waals surface area contributed by atoms with Crippen LogP contribution >= 0.6 is 0 Å². The highest BCUT2D eigenvalue weighted by molar-refractivity contribution is 5.72. The summed E-state index contributed by atoms with van der Waals surface area (Å²) in [7, 11) is 4.83. The molecule has 5 nitrogen and oxygen atoms in total. The number of esters is 1. The summed E-state index contributed by atoms with van der Waals surface area (Å²) in [6.45, 7) is 0. The van der Waals surface area contributed by atoms with Gasteiger partial charge in [-0.2, -0.15) is 0 Å². The summed E-state index contributed by atoms with van der Waals surface area (Å²) in [5.41, 5.74) is 2.73. The van der Waals surface area contributed by atoms with Gasteiger partial charge in [0.2, 0.25) is 0 Å². The molecular weight excluding hydrogens is 428 g/mol. The third kappa shape index (κ3) is 7.09. The van der Waals surface area contributed by atoms with Gasteiger partial charge in [-0.3, -0.25) is 4.79 Å². The van der Waals surface area contributed by atoms with Crippen LogP contribution in [0.5, 0.6) is 11.5 Å². The number of hydrogen-bond donors (Lipinski definition) is 0. The minimum Gasteiger partial charge on any atom is -0.497 e. The van der Waals surface area contributed by atoms with Gasteiger partial charge >= 0.3 is 5.97 Å². The molecule has 0 aliphatic heterocycles. The van der Waals surface area contributed by atoms with E-state index in [9.17, 15) is 9.59 Å². The van der Waals surface area contributed by atoms with E-state index >= 15 is 0 Å². The van der Waals surface area contributed by atoms with Crippen LogP contribution < -0.4 is 9.47 Å². The van der Waals surface area contributed by atoms with Gasteiger partial charge in [-0.1, -0.05) is 24.3 Å². The quantitative estimate of drug-likeness (QED) is 0.369. The lowest BCUT2D eigenvalue weighted by Gasteiger charge is -2.27. The number of aldehydes is 1. The van der Waals surface area contributed by atoms with Gasteiger partial charge in [-0.15, -0.1) is 0 Å². The Kier molecular flexibility index (Phi) is 9.99. The van der Waals surface area contributed by atoms with E-state index < -0.39 is 0 Å². The first-order valence-electron chi connectivity index (χ1n) is 12.4. The minimum absolute atomic E-state index is 0.0526. The average molecular weight is 467 g/mol. The van der Waals surface area contributed by atoms with Crippen LogP contribution in [0.4, 0.5) is 0 Å². The van der Waals surface area contributed by atoms with Crippen molar-refractivity contribution >= 4 is 12.3 Å². The fraction of sp³-hybridized carbons (Fsp3) is 0.517. The van der Waals surface area contributed by atoms with E-state index in [1.54, 1.807) is 14.2 Å². The summed E-state index contributed by atoms with van der Waals surface area (Å²) < 4.78 is 15.1. The summed E-state index contributed by atoms with van der Waals surface area (Å²) in [5, 5.41) is 0. The fourth-order valence-electron chi connectivity index (χ4n) is 5.17. The molecule has 2 saturated carbocycles. The molecule has 2 aromatic carbocycles. The Morgan fingerprint density at radius 2 is 1.09 bits per heavy atom. The monoisotopic (exact) mass is 466 g/mol. The van der Waals surface area contributed by atoms with Gasteiger partial charge in [-0.25, -0.2) is 0 Å². The molecule has 0 saturated heterocycles. The summed E-state index contributed by atoms with van der Waals surface area (Å²) in [5.74, 6) is 3.34. The van der Waals surface area contributed by atoms with Crippen LogP contribution in [0.15, 0.2) is 48.5 Å². The van der Waals surface area contributed by atoms with Gasteiger partial charge in [0.25, 0.3) is 0 Å². The molecule has 0 heterocycles. The number of ether oxygens (including phenoxy) is 3. The lowest BCUT2D eigenvalue weighted by Crippen LogP contribution is -2.22. The normalized spacial score (nSPS) is 24.2. The number of hydrogen-bond acceptors (Lipinski definition) is 5. The molecule has 4 rings (SSSR count). The number of rotatable bonds is 6. The molecule has 0 spiro atoms. The highest BCUT2D eigenvalue weighted by Gasteiger charge is 2.27. The molecule has 0 radical (unpaired) electrons. The second-order valence-corrected chi connectivity index (χ2v) is 9.37. The predicted molar refractivity (Wildman–Crippen MR) is 133 cm³/mol. The van der Waals surface area contributed by atoms with E-state index in [2.05, 4.69) is 24.3 Å². The van der Waals surface area contributed by atoms with Crippen molar-refractivity contribution in [2.75, 3.05) is 21.3 Å². The third-order valence-corrected chi connectivity index (χ3v) is 7.40. The predicted octanol–water partition coefficient (Wildman–Crippen LogP) is 6.31. The molecule has 184 valence electrons. The standard InChI is InChI=1S/C15H20O3.C14H18O2/c1-17-14-9-7-12(8-10-14)11-3-5-13(6-4-11)15(16)18-2;1-16-14-8-6-13(7-9-14)12-4-2-11(10-15)3-5-12/h7-11,13H,3-6H2,1-2H3;6-12H,2-5H2,1H3. The van der Waals surface area contributed by atoms with Gasteiger partial charge in [0.1, 0.15) is 17.8 Å². The van der Waals surface area contributed by atoms with Crippen molar-refractivity contribution in [2.24, 2.45) is 11.8 Å². The summed E-state index contributed by atoms with van der Waals surface area (Å²) >= 11 is 0. The van der Waals surface area contributed by atoms with E-state index in [4.69, 9.17) is 14.2 Å². The molecule has 5 heteroatoms. The Morgan fingerprint density at radius 3 is 1.44 bits per heavy atom. The second-order valence-electron chi connectivity index (χ2n) is 9.37. The molecule has 2 aromatic rings. The van der Waals surface area contributed by atoms with E-state index in [1.165, 1.54) is 18.2 Å². The SMILES string of the molecule is COC(=O)C1CCC(c2ccc(OC)cc2)CC1.COc1ccc(C2CCC(C=O)CC2)cc1. The lowest BCUT2D eigenvalue weighted by atomic mass is 9.79. The largest absolute Gasteiger partial charge is 0.497 e. The highest BCUT2D eigenvalue weighted by atomic mass is 16.5. The first-order valence-corrected chi connectivity index (χ1v) is 12.4. The smallest absolute Gasteiger partial charge is 0.308 e. The Morgan fingerprint density at radius 1 is 0.676 bits per heavy atom. The molecule has 0 aromatic heterocycles. The van der Waals surface area contributed by atoms with E-state index in [0.29, 0.717) is 17.8 Å². The van der Waals surface area contributed by atoms with E-state index in [-0.39, 0.29) is 11.9 Å². The molecule has 2 aliphatic carbocycles. The van der Waals surface area contributed by atoms with Crippen molar-refractivity contribution in [2.45, 2.75) is 63.2 Å². The maximum atomic E-state index is 11.5. The number of carbonyl (C=O) groups excluding carboxylic acids is 2. The number of methoxy groups -OCH3 is 3. The Hall–Kier alpha value is -2.82. The molecule has 0 unspecified atom stereocenters. The molecule has 0 bridgehead atoms. The molecule has 0 N–H and O–H groups in total. The summed E-state index contributed by atoms with van der Waals surface area (Å²) in [4.78, 5) is 22.1. The Bertz CT molecular complexity index is 874. The molecule has 34 heavy (non-hydrogen) atoms. The van der Waals surface area contributed by atoms with Gasteiger partial charge in [-0.05, 0) is 98.6 Å². The number of benzene rings is 2. The lowest BCUT2D eigenvalue weighted by molar-refractivity contribution is -0.146. The van der Waals surface area contributed by atoms with Crippen molar-refractivity contribution in [1.82, 2.24) is 0 Å². The zero-order valence-corrected chi connectivity index (χ0v) is 20.7. The fourth-order valence-corrected chi connectivity index (χ4v) is 5.17. The van der Waals surface area contributed by atoms with Crippen molar-refractivity contribution in [3.8, 4) is 11.5 Å². The van der Waals surface area contributed by atoms with Crippen LogP contribution in [0.1, 0.15) is 74.3 Å². The van der Waals surface area contributed by atoms with Gasteiger partial charge in [0, 0.05) is 5.92 Å². The minimum atomic E-state index is -0.0526. The first-order chi connectivity index (χ1) is 16.6. The van der Waals surface area contributed by atoms with Crippen LogP contribution in [0, 0.1) is 11.8 Å². The zero-order chi connectivity index (χ0) is 24.3. The van der Waals surface area contributed by atoms with E-state index in [0.717, 1.165) is 69.2 Å². The van der Waals surface area contributed by atoms with Crippen molar-refractivity contribution in [3.05, 3.63) is 59.7 Å². The first kappa shape index (κ1) is 25.8. The molecule has 0 atom stereocenters. The molecule has 2 fully saturated rings. The molecule has 0 amide bonds. The third-order valence-electron chi connectivity index (χ3n) is 7.40. The Balaban J connectivity index is 0.000000192. The topological polar surface area (TPSA) is 61.8 Å². The van der Waals surface area contributed by atoms with Crippen molar-refractivity contribution in [1.29, 1.82) is 0 Å². The maximum absolute atomic E-state index is 11.5. The zero-order valence-electron chi connectivity index (χ0n) is 20.7. The van der Waals surface area contributed by atoms with Crippen LogP contribution in [-0.2, 0) is 14.3 Å². The van der Waals surface area contributed by atoms with Crippen molar-refractivity contribution < 1.29 is 23.8 Å². The van der Waals surface area contributed by atoms with Crippen LogP contribution in [0.3, 0.4) is 0 Å². The van der Waals surface area contributed by atoms with E-state index in [1.807, 2.05) is 24.3 Å². The van der Waals surface area contributed by atoms with Gasteiger partial charge < -0.3 is 19.0 Å². The van der Waals surface area contributed by atoms with Crippen LogP contribution in [0.2, 0.25) is 0 Å². The maximum Gasteiger partial charge on any atom is 0.308 e. The van der Waals surface area contributed by atoms with Gasteiger partial charge in [0.15, 0.2) is 0 Å². The molecular formula is C29H38O5. The van der Waals surface area contributed by atoms with Crippen molar-refractivity contribution in [3.63, 3.8) is 0 Å². The van der Waals surface area contributed by atoms with Crippen LogP contribution in [-0.4, -0.2) is 33.6 Å². The Labute approximate surface area is 203 Å². The van der Waals surface area contributed by atoms with Crippen LogP contribution in [0.25, 0.3) is 0 Å². The second kappa shape index (κ2) is 13.2. The highest BCUT2D eigenvalue weighted by Crippen LogP contribution is 2.37. The molecule has 2 aliphatic rings. The summed E-state index contributed by atoms with van der Waals surface area (Å²) in [6.07, 6.45) is 9.46. The van der Waals surface area contributed by atoms with Gasteiger partial charge in [0.05, 0.1) is 27.2 Å². The summed E-state index contributed by atoms with van der Waals surface area (Å²) in [6, 6.07) is 16.6.